The van der Waals surface area contributed by atoms with Gasteiger partial charge in [-0.3, -0.25) is 0 Å². The zero-order valence-corrected chi connectivity index (χ0v) is 16.5. The van der Waals surface area contributed by atoms with Gasteiger partial charge in [0.1, 0.15) is 12.1 Å². The molecule has 0 bridgehead atoms. The van der Waals surface area contributed by atoms with E-state index in [1.165, 1.54) is 6.33 Å². The minimum Gasteiger partial charge on any atom is -0.394 e. The maximum absolute atomic E-state index is 9.47. The van der Waals surface area contributed by atoms with E-state index in [1.807, 2.05) is 54.8 Å². The van der Waals surface area contributed by atoms with Crippen molar-refractivity contribution in [2.75, 3.05) is 11.9 Å². The predicted octanol–water partition coefficient (Wildman–Crippen LogP) is 4.84. The van der Waals surface area contributed by atoms with Gasteiger partial charge in [-0.15, -0.1) is 0 Å². The normalized spacial score (nSPS) is 12.3. The molecule has 2 aromatic carbocycles. The smallest absolute Gasteiger partial charge is 0.150 e. The van der Waals surface area contributed by atoms with E-state index < -0.39 is 0 Å². The topological polar surface area (TPSA) is 63.0 Å². The molecule has 1 unspecified atom stereocenters. The largest absolute Gasteiger partial charge is 0.394 e. The second-order valence-corrected chi connectivity index (χ2v) is 7.27. The van der Waals surface area contributed by atoms with Gasteiger partial charge in [-0.25, -0.2) is 9.97 Å². The first-order valence-electron chi connectivity index (χ1n) is 9.14. The number of aromatic nitrogens is 3. The van der Waals surface area contributed by atoms with Gasteiger partial charge in [0.15, 0.2) is 5.65 Å². The lowest BCUT2D eigenvalue weighted by molar-refractivity contribution is 0.281. The minimum atomic E-state index is -0.126. The fourth-order valence-corrected chi connectivity index (χ4v) is 3.39. The van der Waals surface area contributed by atoms with Gasteiger partial charge in [-0.05, 0) is 37.1 Å². The van der Waals surface area contributed by atoms with E-state index in [9.17, 15) is 5.11 Å². The molecule has 2 heterocycles. The lowest BCUT2D eigenvalue weighted by atomic mass is 10.1. The van der Waals surface area contributed by atoms with E-state index in [1.54, 1.807) is 0 Å². The molecule has 0 aliphatic carbocycles. The number of aliphatic hydroxyl groups excluding tert-OH is 1. The van der Waals surface area contributed by atoms with Crippen molar-refractivity contribution in [1.29, 1.82) is 0 Å². The maximum Gasteiger partial charge on any atom is 0.150 e. The van der Waals surface area contributed by atoms with E-state index in [0.29, 0.717) is 10.8 Å². The first-order valence-corrected chi connectivity index (χ1v) is 9.51. The van der Waals surface area contributed by atoms with Crippen molar-refractivity contribution in [3.63, 3.8) is 0 Å². The minimum absolute atomic E-state index is 0.0143. The Hall–Kier alpha value is -2.89. The first kappa shape index (κ1) is 18.5. The molecular weight excluding hydrogens is 372 g/mol. The van der Waals surface area contributed by atoms with Crippen molar-refractivity contribution in [3.05, 3.63) is 71.6 Å². The second kappa shape index (κ2) is 7.62. The molecule has 0 spiro atoms. The molecule has 2 aromatic heterocycles. The Labute approximate surface area is 168 Å². The van der Waals surface area contributed by atoms with Crippen LogP contribution in [0.2, 0.25) is 5.02 Å². The molecule has 0 radical (unpaired) electrons. The molecule has 0 fully saturated rings. The van der Waals surface area contributed by atoms with Gasteiger partial charge in [-0.2, -0.15) is 0 Å². The van der Waals surface area contributed by atoms with Crippen LogP contribution in [0.5, 0.6) is 0 Å². The van der Waals surface area contributed by atoms with Crippen LogP contribution >= 0.6 is 11.6 Å². The summed E-state index contributed by atoms with van der Waals surface area (Å²) in [7, 11) is 0. The number of nitrogens with one attached hydrogen (secondary N) is 1. The highest BCUT2D eigenvalue weighted by Crippen LogP contribution is 2.36. The zero-order chi connectivity index (χ0) is 19.7. The molecule has 2 N–H and O–H groups in total. The third-order valence-corrected chi connectivity index (χ3v) is 5.17. The molecule has 0 amide bonds. The highest BCUT2D eigenvalue weighted by molar-refractivity contribution is 6.31. The van der Waals surface area contributed by atoms with Crippen LogP contribution in [0.25, 0.3) is 27.8 Å². The van der Waals surface area contributed by atoms with Gasteiger partial charge in [0.25, 0.3) is 0 Å². The molecule has 0 aliphatic heterocycles. The van der Waals surface area contributed by atoms with Crippen LogP contribution < -0.4 is 5.32 Å². The molecular formula is C22H21ClN4O. The molecule has 0 saturated carbocycles. The van der Waals surface area contributed by atoms with Gasteiger partial charge < -0.3 is 15.0 Å². The number of hydrogen-bond acceptors (Lipinski definition) is 4. The summed E-state index contributed by atoms with van der Waals surface area (Å²) in [6, 6.07) is 16.0. The molecule has 4 aromatic rings. The van der Waals surface area contributed by atoms with Crippen molar-refractivity contribution in [3.8, 4) is 16.8 Å². The van der Waals surface area contributed by atoms with Gasteiger partial charge >= 0.3 is 0 Å². The molecule has 5 nitrogen and oxygen atoms in total. The average molecular weight is 393 g/mol. The summed E-state index contributed by atoms with van der Waals surface area (Å²) >= 11 is 6.37. The van der Waals surface area contributed by atoms with E-state index in [2.05, 4.69) is 33.6 Å². The number of anilines is 1. The lowest BCUT2D eigenvalue weighted by Crippen LogP contribution is -2.20. The van der Waals surface area contributed by atoms with E-state index in [0.717, 1.165) is 33.4 Å². The Bertz CT molecular complexity index is 1120. The van der Waals surface area contributed by atoms with Crippen molar-refractivity contribution in [2.24, 2.45) is 0 Å². The van der Waals surface area contributed by atoms with Crippen molar-refractivity contribution in [1.82, 2.24) is 14.5 Å². The molecule has 4 rings (SSSR count). The fourth-order valence-electron chi connectivity index (χ4n) is 3.22. The number of rotatable bonds is 5. The Kier molecular flexibility index (Phi) is 5.03. The van der Waals surface area contributed by atoms with Crippen molar-refractivity contribution < 1.29 is 5.11 Å². The Morgan fingerprint density at radius 2 is 1.93 bits per heavy atom. The SMILES string of the molecule is Cc1ccc(-n2cc(-c3ccccc3)c3c(NC(C)CO)ncnc32)cc1Cl. The van der Waals surface area contributed by atoms with E-state index in [-0.39, 0.29) is 12.6 Å². The first-order chi connectivity index (χ1) is 13.6. The Morgan fingerprint density at radius 1 is 1.14 bits per heavy atom. The fraction of sp³-hybridized carbons (Fsp3) is 0.182. The summed E-state index contributed by atoms with van der Waals surface area (Å²) in [5, 5.41) is 14.4. The molecule has 28 heavy (non-hydrogen) atoms. The van der Waals surface area contributed by atoms with Crippen LogP contribution in [0.15, 0.2) is 61.1 Å². The average Bonchev–Trinajstić information content (AvgIpc) is 3.11. The molecule has 6 heteroatoms. The van der Waals surface area contributed by atoms with Crippen LogP contribution in [-0.2, 0) is 0 Å². The number of fused-ring (bicyclic) bond motifs is 1. The standard InChI is InChI=1S/C22H21ClN4O/c1-14-8-9-17(10-19(14)23)27-11-18(16-6-4-3-5-7-16)20-21(26-15(2)12-28)24-13-25-22(20)27/h3-11,13,15,28H,12H2,1-2H3,(H,24,25,26). The van der Waals surface area contributed by atoms with Crippen LogP contribution in [-0.4, -0.2) is 32.3 Å². The summed E-state index contributed by atoms with van der Waals surface area (Å²) in [6.45, 7) is 3.91. The zero-order valence-electron chi connectivity index (χ0n) is 15.7. The van der Waals surface area contributed by atoms with E-state index in [4.69, 9.17) is 11.6 Å². The van der Waals surface area contributed by atoms with Crippen molar-refractivity contribution >= 4 is 28.5 Å². The summed E-state index contributed by atoms with van der Waals surface area (Å²) in [4.78, 5) is 9.00. The highest BCUT2D eigenvalue weighted by Gasteiger charge is 2.18. The molecule has 1 atom stereocenters. The maximum atomic E-state index is 9.47. The monoisotopic (exact) mass is 392 g/mol. The third-order valence-electron chi connectivity index (χ3n) is 4.76. The molecule has 142 valence electrons. The summed E-state index contributed by atoms with van der Waals surface area (Å²) in [5.74, 6) is 0.697. The van der Waals surface area contributed by atoms with Crippen LogP contribution in [0.1, 0.15) is 12.5 Å². The summed E-state index contributed by atoms with van der Waals surface area (Å²) in [6.07, 6.45) is 3.60. The molecule has 0 aliphatic rings. The van der Waals surface area contributed by atoms with Gasteiger partial charge in [0, 0.05) is 28.5 Å². The third kappa shape index (κ3) is 3.35. The number of nitrogens with zero attached hydrogens (tertiary/aromatic N) is 3. The van der Waals surface area contributed by atoms with Gasteiger partial charge in [-0.1, -0.05) is 48.0 Å². The van der Waals surface area contributed by atoms with Crippen LogP contribution in [0, 0.1) is 6.92 Å². The number of halogens is 1. The lowest BCUT2D eigenvalue weighted by Gasteiger charge is -2.13. The van der Waals surface area contributed by atoms with E-state index >= 15 is 0 Å². The second-order valence-electron chi connectivity index (χ2n) is 6.86. The summed E-state index contributed by atoms with van der Waals surface area (Å²) in [5.41, 5.74) is 4.82. The Morgan fingerprint density at radius 3 is 2.64 bits per heavy atom. The Balaban J connectivity index is 1.99. The highest BCUT2D eigenvalue weighted by atomic mass is 35.5. The number of hydrogen-bond donors (Lipinski definition) is 2. The predicted molar refractivity (Wildman–Crippen MR) is 114 cm³/mol. The molecule has 0 saturated heterocycles. The number of aryl methyl sites for hydroxylation is 1. The number of aliphatic hydroxyl groups is 1. The van der Waals surface area contributed by atoms with Crippen molar-refractivity contribution in [2.45, 2.75) is 19.9 Å². The quantitative estimate of drug-likeness (QED) is 0.510. The van der Waals surface area contributed by atoms with Gasteiger partial charge in [0.05, 0.1) is 12.0 Å². The summed E-state index contributed by atoms with van der Waals surface area (Å²) < 4.78 is 2.03. The van der Waals surface area contributed by atoms with Crippen LogP contribution in [0.3, 0.4) is 0 Å². The van der Waals surface area contributed by atoms with Crippen LogP contribution in [0.4, 0.5) is 5.82 Å². The number of benzene rings is 2. The van der Waals surface area contributed by atoms with Gasteiger partial charge in [0.2, 0.25) is 0 Å².